The Balaban J connectivity index is 0.000000162. The molecule has 0 fully saturated rings. The van der Waals surface area contributed by atoms with Crippen LogP contribution in [0.1, 0.15) is 45.0 Å². The van der Waals surface area contributed by atoms with Gasteiger partial charge in [0.25, 0.3) is 0 Å². The molecule has 16 nitrogen and oxygen atoms in total. The number of fused-ring (bicyclic) bond motifs is 10. The Labute approximate surface area is 415 Å². The van der Waals surface area contributed by atoms with Crippen molar-refractivity contribution >= 4 is 31.0 Å². The van der Waals surface area contributed by atoms with Crippen molar-refractivity contribution in [3.05, 3.63) is 148 Å². The number of aryl methyl sites for hydroxylation is 2. The first kappa shape index (κ1) is 47.0. The standard InChI is InChI=1S/C26H22N2O6S.C26H19N2O6S.ClH/c2*1-31-23-7-4-17-10-22-20-12-25-24(32-15-33-25)11-18(20)8-9-28(22)14-21(17)26(23)34-35(29,30)19-5-2-16(13-27)3-6-19;/h2-7,11-12,22H,8-10,14-15H2,1H3;2-7,10-12,14H,8-9,15H2,1H3;1H/q;+1;/p-1. The summed E-state index contributed by atoms with van der Waals surface area (Å²) < 4.78 is 99.0. The number of methoxy groups -OCH3 is 2. The SMILES string of the molecule is COc1ccc2c(c1OS(=O)(=O)c1ccc(C#N)cc1)CN1CCc3cc4c(cc3C1C2)OCO4.COc1ccc2cc3[n+](cc2c1OS(=O)(=O)c1ccc(C#N)cc1)CCc1cc2c(cc1-3)OCO2.[Cl-]. The van der Waals surface area contributed by atoms with Crippen molar-refractivity contribution in [2.24, 2.45) is 0 Å². The molecule has 7 aromatic rings. The molecule has 6 aromatic carbocycles. The summed E-state index contributed by atoms with van der Waals surface area (Å²) >= 11 is 0. The van der Waals surface area contributed by atoms with Crippen LogP contribution in [0.15, 0.2) is 119 Å². The molecule has 5 aliphatic heterocycles. The van der Waals surface area contributed by atoms with Crippen molar-refractivity contribution in [1.82, 2.24) is 4.90 Å². The summed E-state index contributed by atoms with van der Waals surface area (Å²) in [5.74, 6) is 4.02. The molecule has 19 heteroatoms. The molecular weight excluding hydrogens is 972 g/mol. The predicted octanol–water partition coefficient (Wildman–Crippen LogP) is 4.45. The molecule has 0 spiro atoms. The first-order chi connectivity index (χ1) is 33.9. The van der Waals surface area contributed by atoms with Crippen molar-refractivity contribution in [3.63, 3.8) is 0 Å². The van der Waals surface area contributed by atoms with E-state index in [1.807, 2.05) is 48.7 Å². The number of ether oxygens (including phenoxy) is 6. The minimum atomic E-state index is -4.17. The molecule has 0 amide bonds. The summed E-state index contributed by atoms with van der Waals surface area (Å²) in [5, 5.41) is 19.4. The number of hydrogen-bond acceptors (Lipinski definition) is 15. The van der Waals surface area contributed by atoms with Gasteiger partial charge in [0.1, 0.15) is 9.79 Å². The average molecular weight is 1010 g/mol. The lowest BCUT2D eigenvalue weighted by atomic mass is 9.83. The fourth-order valence-electron chi connectivity index (χ4n) is 9.60. The number of hydrogen-bond donors (Lipinski definition) is 0. The van der Waals surface area contributed by atoms with Crippen LogP contribution in [0.3, 0.4) is 0 Å². The molecule has 5 aliphatic rings. The molecular formula is C52H41ClN4O12S2. The van der Waals surface area contributed by atoms with Crippen LogP contribution in [0.4, 0.5) is 0 Å². The largest absolute Gasteiger partial charge is 1.00 e. The third-order valence-electron chi connectivity index (χ3n) is 13.1. The lowest BCUT2D eigenvalue weighted by Gasteiger charge is -2.42. The zero-order valence-corrected chi connectivity index (χ0v) is 40.4. The maximum Gasteiger partial charge on any atom is 0.339 e. The highest BCUT2D eigenvalue weighted by atomic mass is 35.5. The van der Waals surface area contributed by atoms with E-state index in [4.69, 9.17) is 47.3 Å². The van der Waals surface area contributed by atoms with Gasteiger partial charge in [0.2, 0.25) is 19.3 Å². The van der Waals surface area contributed by atoms with Gasteiger partial charge in [0.05, 0.1) is 48.4 Å². The predicted molar refractivity (Wildman–Crippen MR) is 250 cm³/mol. The molecule has 6 heterocycles. The van der Waals surface area contributed by atoms with E-state index in [-0.39, 0.29) is 53.3 Å². The summed E-state index contributed by atoms with van der Waals surface area (Å²) in [5.41, 5.74) is 8.23. The first-order valence-corrected chi connectivity index (χ1v) is 25.0. The molecule has 0 radical (unpaired) electrons. The van der Waals surface area contributed by atoms with E-state index >= 15 is 0 Å². The highest BCUT2D eigenvalue weighted by Gasteiger charge is 2.37. The Morgan fingerprint density at radius 2 is 1.21 bits per heavy atom. The smallest absolute Gasteiger partial charge is 0.339 e. The summed E-state index contributed by atoms with van der Waals surface area (Å²) in [4.78, 5) is 2.27. The zero-order chi connectivity index (χ0) is 48.3. The van der Waals surface area contributed by atoms with Crippen LogP contribution in [0, 0.1) is 22.7 Å². The van der Waals surface area contributed by atoms with E-state index in [2.05, 4.69) is 21.6 Å². The minimum absolute atomic E-state index is 0. The lowest BCUT2D eigenvalue weighted by Crippen LogP contribution is -3.00. The van der Waals surface area contributed by atoms with Crippen LogP contribution in [0.25, 0.3) is 22.0 Å². The number of halogens is 1. The van der Waals surface area contributed by atoms with Crippen molar-refractivity contribution in [2.45, 2.75) is 48.2 Å². The lowest BCUT2D eigenvalue weighted by molar-refractivity contribution is -0.686. The maximum atomic E-state index is 13.1. The Morgan fingerprint density at radius 3 is 1.83 bits per heavy atom. The van der Waals surface area contributed by atoms with Gasteiger partial charge in [0, 0.05) is 37.2 Å². The quantitative estimate of drug-likeness (QED) is 0.153. The third-order valence-corrected chi connectivity index (χ3v) is 15.6. The van der Waals surface area contributed by atoms with Crippen LogP contribution >= 0.6 is 0 Å². The van der Waals surface area contributed by atoms with Gasteiger partial charge >= 0.3 is 20.2 Å². The average Bonchev–Trinajstić information content (AvgIpc) is 4.06. The Bertz CT molecular complexity index is 3620. The van der Waals surface area contributed by atoms with Gasteiger partial charge in [-0.25, -0.2) is 0 Å². The second-order valence-corrected chi connectivity index (χ2v) is 20.1. The third kappa shape index (κ3) is 8.59. The monoisotopic (exact) mass is 1010 g/mol. The molecule has 360 valence electrons. The summed E-state index contributed by atoms with van der Waals surface area (Å²) in [7, 11) is -5.34. The van der Waals surface area contributed by atoms with Crippen molar-refractivity contribution < 1.29 is 70.6 Å². The van der Waals surface area contributed by atoms with E-state index in [1.54, 1.807) is 12.1 Å². The van der Waals surface area contributed by atoms with Crippen molar-refractivity contribution in [2.75, 3.05) is 34.4 Å². The van der Waals surface area contributed by atoms with Gasteiger partial charge in [-0.2, -0.15) is 31.9 Å². The number of pyridine rings is 1. The Kier molecular flexibility index (Phi) is 12.3. The van der Waals surface area contributed by atoms with Gasteiger partial charge in [-0.05, 0) is 131 Å². The summed E-state index contributed by atoms with van der Waals surface area (Å²) in [6.45, 7) is 2.52. The first-order valence-electron chi connectivity index (χ1n) is 22.1. The molecule has 0 N–H and O–H groups in total. The van der Waals surface area contributed by atoms with Crippen LogP contribution in [0.2, 0.25) is 0 Å². The second kappa shape index (κ2) is 18.5. The zero-order valence-electron chi connectivity index (χ0n) is 38.0. The molecule has 0 aliphatic carbocycles. The number of rotatable bonds is 8. The van der Waals surface area contributed by atoms with Crippen LogP contribution in [-0.4, -0.2) is 56.1 Å². The fraction of sp³-hybridized carbons (Fsp3) is 0.212. The molecule has 0 saturated heterocycles. The van der Waals surface area contributed by atoms with Crippen LogP contribution < -0.4 is 53.8 Å². The van der Waals surface area contributed by atoms with Crippen LogP contribution in [-0.2, 0) is 52.6 Å². The van der Waals surface area contributed by atoms with Gasteiger partial charge < -0.3 is 49.2 Å². The normalized spacial score (nSPS) is 15.6. The molecule has 1 atom stereocenters. The topological polar surface area (TPSA) is 197 Å². The van der Waals surface area contributed by atoms with Crippen molar-refractivity contribution in [3.8, 4) is 69.4 Å². The summed E-state index contributed by atoms with van der Waals surface area (Å²) in [6.07, 6.45) is 4.25. The van der Waals surface area contributed by atoms with Crippen LogP contribution in [0.5, 0.6) is 46.0 Å². The van der Waals surface area contributed by atoms with Gasteiger partial charge in [0.15, 0.2) is 58.7 Å². The maximum absolute atomic E-state index is 13.1. The second-order valence-electron chi connectivity index (χ2n) is 17.0. The number of nitrogens with zero attached hydrogens (tertiary/aromatic N) is 4. The van der Waals surface area contributed by atoms with E-state index in [0.717, 1.165) is 64.4 Å². The van der Waals surface area contributed by atoms with E-state index in [1.165, 1.54) is 79.4 Å². The molecule has 12 rings (SSSR count). The highest BCUT2D eigenvalue weighted by molar-refractivity contribution is 7.87. The molecule has 71 heavy (non-hydrogen) atoms. The molecule has 1 aromatic heterocycles. The fourth-order valence-corrected chi connectivity index (χ4v) is 11.5. The molecule has 1 unspecified atom stereocenters. The Hall–Kier alpha value is -7.74. The van der Waals surface area contributed by atoms with E-state index < -0.39 is 20.2 Å². The minimum Gasteiger partial charge on any atom is -1.00 e. The number of nitriles is 2. The molecule has 0 saturated carbocycles. The van der Waals surface area contributed by atoms with E-state index in [0.29, 0.717) is 53.3 Å². The van der Waals surface area contributed by atoms with E-state index in [9.17, 15) is 16.8 Å². The van der Waals surface area contributed by atoms with Crippen molar-refractivity contribution in [1.29, 1.82) is 10.5 Å². The molecule has 0 bridgehead atoms. The number of aromatic nitrogens is 1. The van der Waals surface area contributed by atoms with Gasteiger partial charge in [-0.15, -0.1) is 0 Å². The Morgan fingerprint density at radius 1 is 0.648 bits per heavy atom. The highest BCUT2D eigenvalue weighted by Crippen LogP contribution is 2.48. The van der Waals surface area contributed by atoms with Gasteiger partial charge in [-0.3, -0.25) is 4.90 Å². The summed E-state index contributed by atoms with van der Waals surface area (Å²) in [6, 6.07) is 32.8. The number of benzene rings is 6. The van der Waals surface area contributed by atoms with Gasteiger partial charge in [-0.1, -0.05) is 6.07 Å².